The Bertz CT molecular complexity index is 1160. The molecule has 0 radical (unpaired) electrons. The second kappa shape index (κ2) is 21.6. The van der Waals surface area contributed by atoms with Gasteiger partial charge in [0.05, 0.1) is 19.6 Å². The van der Waals surface area contributed by atoms with Crippen molar-refractivity contribution in [1.82, 2.24) is 24.6 Å². The molecule has 0 N–H and O–H groups in total. The van der Waals surface area contributed by atoms with Crippen LogP contribution in [-0.2, 0) is 24.3 Å². The fraction of sp³-hybridized carbons (Fsp3) is 0.625. The average Bonchev–Trinajstić information content (AvgIpc) is 3.72. The molecule has 11 heteroatoms. The molecule has 0 bridgehead atoms. The summed E-state index contributed by atoms with van der Waals surface area (Å²) in [6.45, 7) is 18.4. The molecule has 1 amide bonds. The highest BCUT2D eigenvalue weighted by Gasteiger charge is 2.22. The van der Waals surface area contributed by atoms with Gasteiger partial charge in [-0.25, -0.2) is 9.37 Å². The van der Waals surface area contributed by atoms with Crippen molar-refractivity contribution in [2.45, 2.75) is 93.2 Å². The number of halogens is 1. The molecule has 1 saturated heterocycles. The molecule has 0 saturated carbocycles. The van der Waals surface area contributed by atoms with Crippen LogP contribution in [-0.4, -0.2) is 69.3 Å². The molecule has 3 aromatic rings. The third kappa shape index (κ3) is 12.6. The topological polar surface area (TPSA) is 89.5 Å². The van der Waals surface area contributed by atoms with Crippen molar-refractivity contribution in [1.29, 1.82) is 0 Å². The zero-order valence-corrected chi connectivity index (χ0v) is 28.5. The molecule has 0 unspecified atom stereocenters. The van der Waals surface area contributed by atoms with Crippen LogP contribution < -0.4 is 9.64 Å². The van der Waals surface area contributed by atoms with E-state index in [1.165, 1.54) is 25.3 Å². The Morgan fingerprint density at radius 3 is 2.33 bits per heavy atom. The fourth-order valence-electron chi connectivity index (χ4n) is 4.26. The van der Waals surface area contributed by atoms with Gasteiger partial charge < -0.3 is 23.6 Å². The summed E-state index contributed by atoms with van der Waals surface area (Å²) in [7, 11) is 0. The summed E-state index contributed by atoms with van der Waals surface area (Å²) in [5.74, 6) is 2.01. The third-order valence-corrected chi connectivity index (χ3v) is 6.35. The number of ether oxygens (including phenoxy) is 1. The molecule has 2 aliphatic heterocycles. The molecule has 2 aromatic heterocycles. The standard InChI is InChI=1S/C16H18FN3O2.C10H17N3O.C2H6S.2C2H6/c1-2-22-13-4-3-12(14(17)10-13)9-16(21)20-8-7-19-6-5-18-15(19)11-20;1-8(2)9-11-10(14-12-9)13-6-4-3-5-7-13;1-3-2;2*1-2/h3-6,10H,2,7-9,11H2,1H3;8H,3-7H2,1-2H3;1-2H3;2*1-2H3. The molecular formula is C32H53FN6O3S. The summed E-state index contributed by atoms with van der Waals surface area (Å²) in [5, 5.41) is 3.96. The number of hydrogen-bond donors (Lipinski definition) is 0. The largest absolute Gasteiger partial charge is 0.494 e. The van der Waals surface area contributed by atoms with E-state index in [9.17, 15) is 9.18 Å². The number of benzene rings is 1. The zero-order valence-electron chi connectivity index (χ0n) is 27.7. The number of amides is 1. The van der Waals surface area contributed by atoms with E-state index in [1.807, 2.05) is 57.9 Å². The SMILES string of the molecule is CC.CC.CC(C)c1noc(N2CCCCC2)n1.CCOc1ccc(CC(=O)N2CCn3ccnc3C2)c(F)c1.CSC. The predicted molar refractivity (Wildman–Crippen MR) is 176 cm³/mol. The van der Waals surface area contributed by atoms with Crippen LogP contribution in [0.4, 0.5) is 10.4 Å². The van der Waals surface area contributed by atoms with Crippen LogP contribution in [0.2, 0.25) is 0 Å². The number of anilines is 1. The van der Waals surface area contributed by atoms with Gasteiger partial charge in [-0.1, -0.05) is 52.8 Å². The van der Waals surface area contributed by atoms with E-state index in [0.717, 1.165) is 31.3 Å². The first-order valence-corrected chi connectivity index (χ1v) is 17.2. The molecule has 0 spiro atoms. The monoisotopic (exact) mass is 620 g/mol. The Hall–Kier alpha value is -3.08. The van der Waals surface area contributed by atoms with Crippen molar-refractivity contribution in [2.75, 3.05) is 43.7 Å². The first kappa shape index (κ1) is 37.9. The molecule has 0 atom stereocenters. The maximum absolute atomic E-state index is 14.0. The van der Waals surface area contributed by atoms with Gasteiger partial charge in [-0.3, -0.25) is 4.79 Å². The van der Waals surface area contributed by atoms with Crippen LogP contribution in [0.5, 0.6) is 5.75 Å². The number of carbonyl (C=O) groups excluding carboxylic acids is 1. The maximum atomic E-state index is 14.0. The van der Waals surface area contributed by atoms with E-state index in [0.29, 0.717) is 42.9 Å². The van der Waals surface area contributed by atoms with Gasteiger partial charge in [0.2, 0.25) is 5.91 Å². The molecule has 2 aliphatic rings. The van der Waals surface area contributed by atoms with E-state index in [-0.39, 0.29) is 12.3 Å². The first-order chi connectivity index (χ1) is 20.9. The third-order valence-electron chi connectivity index (χ3n) is 6.35. The van der Waals surface area contributed by atoms with Crippen LogP contribution in [0.25, 0.3) is 0 Å². The lowest BCUT2D eigenvalue weighted by Gasteiger charge is -2.27. The summed E-state index contributed by atoms with van der Waals surface area (Å²) in [4.78, 5) is 24.9. The van der Waals surface area contributed by atoms with Crippen molar-refractivity contribution < 1.29 is 18.4 Å². The number of thioether (sulfide) groups is 1. The van der Waals surface area contributed by atoms with E-state index in [4.69, 9.17) is 9.26 Å². The van der Waals surface area contributed by atoms with Gasteiger partial charge >= 0.3 is 6.01 Å². The number of hydrogen-bond acceptors (Lipinski definition) is 8. The van der Waals surface area contributed by atoms with Crippen molar-refractivity contribution in [2.24, 2.45) is 0 Å². The summed E-state index contributed by atoms with van der Waals surface area (Å²) < 4.78 is 26.5. The van der Waals surface area contributed by atoms with Crippen LogP contribution in [0, 0.1) is 5.82 Å². The van der Waals surface area contributed by atoms with Crippen molar-refractivity contribution in [3.05, 3.63) is 53.6 Å². The second-order valence-electron chi connectivity index (χ2n) is 9.76. The average molecular weight is 621 g/mol. The highest BCUT2D eigenvalue weighted by molar-refractivity contribution is 7.97. The van der Waals surface area contributed by atoms with Crippen LogP contribution in [0.1, 0.15) is 90.9 Å². The summed E-state index contributed by atoms with van der Waals surface area (Å²) in [6, 6.07) is 5.34. The number of fused-ring (bicyclic) bond motifs is 1. The molecule has 9 nitrogen and oxygen atoms in total. The maximum Gasteiger partial charge on any atom is 0.324 e. The molecule has 1 aromatic carbocycles. The van der Waals surface area contributed by atoms with Gasteiger partial charge in [-0.15, -0.1) is 0 Å². The second-order valence-corrected chi connectivity index (χ2v) is 10.6. The minimum Gasteiger partial charge on any atom is -0.494 e. The summed E-state index contributed by atoms with van der Waals surface area (Å²) >= 11 is 1.75. The number of aromatic nitrogens is 4. The van der Waals surface area contributed by atoms with E-state index in [2.05, 4.69) is 33.9 Å². The first-order valence-electron chi connectivity index (χ1n) is 15.5. The molecular weight excluding hydrogens is 567 g/mol. The number of carbonyl (C=O) groups is 1. The van der Waals surface area contributed by atoms with Gasteiger partial charge in [0.25, 0.3) is 0 Å². The summed E-state index contributed by atoms with van der Waals surface area (Å²) in [5.41, 5.74) is 0.391. The smallest absolute Gasteiger partial charge is 0.324 e. The molecule has 4 heterocycles. The van der Waals surface area contributed by atoms with Crippen molar-refractivity contribution in [3.8, 4) is 5.75 Å². The number of imidazole rings is 1. The molecule has 242 valence electrons. The van der Waals surface area contributed by atoms with Crippen LogP contribution in [0.3, 0.4) is 0 Å². The van der Waals surface area contributed by atoms with Gasteiger partial charge in [0, 0.05) is 50.6 Å². The lowest BCUT2D eigenvalue weighted by atomic mass is 10.1. The number of nitrogens with zero attached hydrogens (tertiary/aromatic N) is 6. The van der Waals surface area contributed by atoms with Gasteiger partial charge in [0.1, 0.15) is 17.4 Å². The zero-order chi connectivity index (χ0) is 32.2. The minimum atomic E-state index is -0.405. The Morgan fingerprint density at radius 1 is 1.07 bits per heavy atom. The minimum absolute atomic E-state index is 0.0545. The van der Waals surface area contributed by atoms with Crippen LogP contribution >= 0.6 is 11.8 Å². The van der Waals surface area contributed by atoms with E-state index >= 15 is 0 Å². The lowest BCUT2D eigenvalue weighted by molar-refractivity contribution is -0.132. The molecule has 43 heavy (non-hydrogen) atoms. The van der Waals surface area contributed by atoms with Gasteiger partial charge in [0.15, 0.2) is 5.82 Å². The van der Waals surface area contributed by atoms with Gasteiger partial charge in [-0.2, -0.15) is 16.7 Å². The highest BCUT2D eigenvalue weighted by Crippen LogP contribution is 2.21. The molecule has 1 fully saturated rings. The van der Waals surface area contributed by atoms with E-state index < -0.39 is 5.82 Å². The quantitative estimate of drug-likeness (QED) is 0.285. The van der Waals surface area contributed by atoms with Crippen molar-refractivity contribution >= 4 is 23.7 Å². The molecule has 5 rings (SSSR count). The Balaban J connectivity index is 0.000000378. The predicted octanol–water partition coefficient (Wildman–Crippen LogP) is 7.22. The van der Waals surface area contributed by atoms with Gasteiger partial charge in [-0.05, 0) is 50.3 Å². The Morgan fingerprint density at radius 2 is 1.74 bits per heavy atom. The van der Waals surface area contributed by atoms with Crippen LogP contribution in [0.15, 0.2) is 35.1 Å². The van der Waals surface area contributed by atoms with E-state index in [1.54, 1.807) is 35.0 Å². The Labute approximate surface area is 262 Å². The Kier molecular flexibility index (Phi) is 19.0. The normalized spacial score (nSPS) is 13.6. The fourth-order valence-corrected chi connectivity index (χ4v) is 4.26. The lowest BCUT2D eigenvalue weighted by Crippen LogP contribution is -2.39. The number of rotatable bonds is 6. The van der Waals surface area contributed by atoms with Crippen molar-refractivity contribution in [3.63, 3.8) is 0 Å². The highest BCUT2D eigenvalue weighted by atomic mass is 32.2. The number of piperidine rings is 1. The summed E-state index contributed by atoms with van der Waals surface area (Å²) in [6.07, 6.45) is 11.6. The molecule has 0 aliphatic carbocycles.